The molecule has 0 aliphatic carbocycles. The summed E-state index contributed by atoms with van der Waals surface area (Å²) in [6, 6.07) is 26.0. The molecule has 0 radical (unpaired) electrons. The Balaban J connectivity index is 1.71. The van der Waals surface area contributed by atoms with Crippen LogP contribution in [0.25, 0.3) is 0 Å². The summed E-state index contributed by atoms with van der Waals surface area (Å²) >= 11 is 0. The third-order valence-corrected chi connectivity index (χ3v) is 4.60. The van der Waals surface area contributed by atoms with Crippen LogP contribution >= 0.6 is 0 Å². The fourth-order valence-electron chi connectivity index (χ4n) is 3.09. The topological polar surface area (TPSA) is 49.3 Å². The van der Waals surface area contributed by atoms with E-state index in [1.54, 1.807) is 6.21 Å². The van der Waals surface area contributed by atoms with Crippen LogP contribution in [-0.4, -0.2) is 32.3 Å². The van der Waals surface area contributed by atoms with Crippen LogP contribution < -0.4 is 9.47 Å². The predicted molar refractivity (Wildman–Crippen MR) is 127 cm³/mol. The van der Waals surface area contributed by atoms with E-state index in [4.69, 9.17) is 18.9 Å². The minimum atomic E-state index is -0.340. The molecule has 0 bridgehead atoms. The quantitative estimate of drug-likeness (QED) is 0.258. The lowest BCUT2D eigenvalue weighted by molar-refractivity contribution is -0.128. The summed E-state index contributed by atoms with van der Waals surface area (Å²) in [6.45, 7) is 6.45. The van der Waals surface area contributed by atoms with Crippen LogP contribution in [0.4, 0.5) is 0 Å². The number of aliphatic imine (C=N–C) groups is 1. The van der Waals surface area contributed by atoms with Crippen LogP contribution in [0.1, 0.15) is 30.5 Å². The maximum absolute atomic E-state index is 6.04. The number of hydrogen-bond acceptors (Lipinski definition) is 5. The molecule has 0 atom stereocenters. The zero-order chi connectivity index (χ0) is 22.4. The molecule has 0 unspecified atom stereocenters. The highest BCUT2D eigenvalue weighted by molar-refractivity contribution is 5.81. The lowest BCUT2D eigenvalue weighted by atomic mass is 10.2. The normalized spacial score (nSPS) is 11.2. The largest absolute Gasteiger partial charge is 0.489 e. The molecular weight excluding hydrogens is 402 g/mol. The summed E-state index contributed by atoms with van der Waals surface area (Å²) in [7, 11) is 0. The first-order chi connectivity index (χ1) is 15.8. The summed E-state index contributed by atoms with van der Waals surface area (Å²) in [6.07, 6.45) is 1.46. The van der Waals surface area contributed by atoms with E-state index in [0.717, 1.165) is 28.2 Å². The third kappa shape index (κ3) is 8.17. The van der Waals surface area contributed by atoms with Crippen molar-refractivity contribution >= 4 is 6.21 Å². The van der Waals surface area contributed by atoms with Gasteiger partial charge in [0.2, 0.25) is 0 Å². The Bertz CT molecular complexity index is 877. The van der Waals surface area contributed by atoms with Crippen molar-refractivity contribution in [2.24, 2.45) is 4.99 Å². The molecule has 0 spiro atoms. The Hall–Kier alpha value is -3.15. The van der Waals surface area contributed by atoms with E-state index >= 15 is 0 Å². The van der Waals surface area contributed by atoms with Crippen LogP contribution in [0.3, 0.4) is 0 Å². The Morgan fingerprint density at radius 3 is 1.69 bits per heavy atom. The molecule has 0 N–H and O–H groups in total. The molecule has 3 aromatic carbocycles. The highest BCUT2D eigenvalue weighted by atomic mass is 16.7. The molecule has 3 rings (SSSR count). The maximum Gasteiger partial charge on any atom is 0.176 e. The van der Waals surface area contributed by atoms with E-state index in [2.05, 4.69) is 4.99 Å². The Morgan fingerprint density at radius 1 is 0.719 bits per heavy atom. The van der Waals surface area contributed by atoms with Gasteiger partial charge in [0.25, 0.3) is 0 Å². The average Bonchev–Trinajstić information content (AvgIpc) is 2.83. The molecule has 5 nitrogen and oxygen atoms in total. The second kappa shape index (κ2) is 13.3. The van der Waals surface area contributed by atoms with Crippen LogP contribution in [0.2, 0.25) is 0 Å². The van der Waals surface area contributed by atoms with Crippen LogP contribution in [0, 0.1) is 0 Å². The van der Waals surface area contributed by atoms with Crippen molar-refractivity contribution in [1.82, 2.24) is 0 Å². The zero-order valence-electron chi connectivity index (χ0n) is 18.8. The molecule has 0 aromatic heterocycles. The first kappa shape index (κ1) is 23.5. The molecule has 0 saturated heterocycles. The Kier molecular flexibility index (Phi) is 9.77. The molecule has 32 heavy (non-hydrogen) atoms. The first-order valence-corrected chi connectivity index (χ1v) is 11.0. The molecule has 0 amide bonds. The van der Waals surface area contributed by atoms with E-state index in [-0.39, 0.29) is 6.29 Å². The van der Waals surface area contributed by atoms with Gasteiger partial charge in [-0.25, -0.2) is 0 Å². The lowest BCUT2D eigenvalue weighted by Crippen LogP contribution is -2.20. The summed E-state index contributed by atoms with van der Waals surface area (Å²) < 4.78 is 23.2. The van der Waals surface area contributed by atoms with Gasteiger partial charge in [-0.15, -0.1) is 0 Å². The molecule has 0 saturated carbocycles. The van der Waals surface area contributed by atoms with Crippen LogP contribution in [0.5, 0.6) is 11.5 Å². The lowest BCUT2D eigenvalue weighted by Gasteiger charge is -2.14. The number of hydrogen-bond donors (Lipinski definition) is 0. The van der Waals surface area contributed by atoms with Gasteiger partial charge < -0.3 is 18.9 Å². The highest BCUT2D eigenvalue weighted by Gasteiger charge is 2.07. The zero-order valence-corrected chi connectivity index (χ0v) is 18.8. The molecule has 168 valence electrons. The van der Waals surface area contributed by atoms with E-state index in [1.807, 2.05) is 92.7 Å². The Morgan fingerprint density at radius 2 is 1.22 bits per heavy atom. The molecule has 0 aliphatic heterocycles. The molecule has 0 aliphatic rings. The van der Waals surface area contributed by atoms with Gasteiger partial charge in [0.1, 0.15) is 24.7 Å². The monoisotopic (exact) mass is 433 g/mol. The summed E-state index contributed by atoms with van der Waals surface area (Å²) in [5.74, 6) is 1.46. The van der Waals surface area contributed by atoms with Crippen molar-refractivity contribution in [1.29, 1.82) is 0 Å². The molecule has 0 heterocycles. The molecule has 5 heteroatoms. The van der Waals surface area contributed by atoms with Crippen molar-refractivity contribution in [2.75, 3.05) is 19.8 Å². The molecular formula is C27H31NO4. The number of benzene rings is 3. The molecule has 0 fully saturated rings. The fraction of sp³-hybridized carbons (Fsp3) is 0.296. The minimum absolute atomic E-state index is 0.340. The van der Waals surface area contributed by atoms with Gasteiger partial charge in [-0.05, 0) is 42.7 Å². The summed E-state index contributed by atoms with van der Waals surface area (Å²) in [5, 5.41) is 0. The van der Waals surface area contributed by atoms with Crippen molar-refractivity contribution in [2.45, 2.75) is 33.4 Å². The standard InChI is InChI=1S/C27H31NO4/c1-3-29-27(30-4-2)19-28-18-24-15-25(31-20-22-11-7-5-8-12-22)17-26(16-24)32-21-23-13-9-6-10-14-23/h5-18,27H,3-4,19-21H2,1-2H3/b28-18+. The fourth-order valence-corrected chi connectivity index (χ4v) is 3.09. The van der Waals surface area contributed by atoms with Crippen molar-refractivity contribution in [3.05, 3.63) is 95.6 Å². The van der Waals surface area contributed by atoms with Crippen LogP contribution in [0.15, 0.2) is 83.9 Å². The minimum Gasteiger partial charge on any atom is -0.489 e. The number of ether oxygens (including phenoxy) is 4. The Labute approximate surface area is 190 Å². The van der Waals surface area contributed by atoms with Gasteiger partial charge in [-0.2, -0.15) is 0 Å². The summed E-state index contributed by atoms with van der Waals surface area (Å²) in [4.78, 5) is 4.51. The van der Waals surface area contributed by atoms with Gasteiger partial charge >= 0.3 is 0 Å². The first-order valence-electron chi connectivity index (χ1n) is 11.0. The third-order valence-electron chi connectivity index (χ3n) is 4.60. The second-order valence-corrected chi connectivity index (χ2v) is 7.12. The van der Waals surface area contributed by atoms with E-state index in [1.165, 1.54) is 0 Å². The van der Waals surface area contributed by atoms with Crippen LogP contribution in [-0.2, 0) is 22.7 Å². The van der Waals surface area contributed by atoms with E-state index in [9.17, 15) is 0 Å². The van der Waals surface area contributed by atoms with Gasteiger partial charge in [-0.3, -0.25) is 4.99 Å². The highest BCUT2D eigenvalue weighted by Crippen LogP contribution is 2.24. The second-order valence-electron chi connectivity index (χ2n) is 7.12. The maximum atomic E-state index is 6.04. The smallest absolute Gasteiger partial charge is 0.176 e. The predicted octanol–water partition coefficient (Wildman–Crippen LogP) is 5.66. The van der Waals surface area contributed by atoms with Gasteiger partial charge in [-0.1, -0.05) is 60.7 Å². The average molecular weight is 434 g/mol. The van der Waals surface area contributed by atoms with Crippen molar-refractivity contribution < 1.29 is 18.9 Å². The van der Waals surface area contributed by atoms with Crippen molar-refractivity contribution in [3.8, 4) is 11.5 Å². The number of nitrogens with zero attached hydrogens (tertiary/aromatic N) is 1. The van der Waals surface area contributed by atoms with Crippen molar-refractivity contribution in [3.63, 3.8) is 0 Å². The number of rotatable bonds is 13. The van der Waals surface area contributed by atoms with E-state index in [0.29, 0.717) is 33.0 Å². The van der Waals surface area contributed by atoms with E-state index < -0.39 is 0 Å². The SMILES string of the molecule is CCOC(C/N=C/c1cc(OCc2ccccc2)cc(OCc2ccccc2)c1)OCC. The summed E-state index contributed by atoms with van der Waals surface area (Å²) in [5.41, 5.74) is 3.11. The van der Waals surface area contributed by atoms with Gasteiger partial charge in [0, 0.05) is 25.5 Å². The van der Waals surface area contributed by atoms with Gasteiger partial charge in [0.05, 0.1) is 6.54 Å². The van der Waals surface area contributed by atoms with Gasteiger partial charge in [0.15, 0.2) is 6.29 Å². The molecule has 3 aromatic rings.